The van der Waals surface area contributed by atoms with Crippen molar-refractivity contribution in [2.45, 2.75) is 17.7 Å². The van der Waals surface area contributed by atoms with Gasteiger partial charge in [0.05, 0.1) is 10.5 Å². The topological polar surface area (TPSA) is 99.3 Å². The number of carboxylic acid groups (broad SMARTS) is 1. The minimum atomic E-state index is -3.70. The maximum Gasteiger partial charge on any atom is 0.335 e. The van der Waals surface area contributed by atoms with Crippen LogP contribution in [0, 0.1) is 5.92 Å². The van der Waals surface area contributed by atoms with Gasteiger partial charge in [-0.2, -0.15) is 0 Å². The molecular formula is C13H14N2O4S. The van der Waals surface area contributed by atoms with Gasteiger partial charge in [0.25, 0.3) is 0 Å². The van der Waals surface area contributed by atoms with E-state index in [0.717, 1.165) is 12.8 Å². The van der Waals surface area contributed by atoms with Crippen LogP contribution in [0.25, 0.3) is 10.9 Å². The number of H-pyrrole nitrogens is 1. The highest BCUT2D eigenvalue weighted by Gasteiger charge is 2.26. The second-order valence-corrected chi connectivity index (χ2v) is 6.75. The summed E-state index contributed by atoms with van der Waals surface area (Å²) >= 11 is 0. The van der Waals surface area contributed by atoms with E-state index in [4.69, 9.17) is 5.11 Å². The fourth-order valence-corrected chi connectivity index (χ4v) is 3.47. The molecule has 0 unspecified atom stereocenters. The Kier molecular flexibility index (Phi) is 3.02. The first-order valence-electron chi connectivity index (χ1n) is 6.31. The molecule has 1 aliphatic rings. The van der Waals surface area contributed by atoms with E-state index in [9.17, 15) is 13.2 Å². The van der Waals surface area contributed by atoms with E-state index in [-0.39, 0.29) is 10.5 Å². The van der Waals surface area contributed by atoms with Gasteiger partial charge in [0.2, 0.25) is 10.0 Å². The molecule has 1 aromatic heterocycles. The molecule has 0 saturated heterocycles. The van der Waals surface area contributed by atoms with E-state index in [1.54, 1.807) is 12.3 Å². The molecule has 7 heteroatoms. The molecule has 0 radical (unpaired) electrons. The summed E-state index contributed by atoms with van der Waals surface area (Å²) in [5, 5.41) is 9.57. The van der Waals surface area contributed by atoms with Gasteiger partial charge in [-0.05, 0) is 37.0 Å². The van der Waals surface area contributed by atoms with Crippen molar-refractivity contribution in [1.82, 2.24) is 9.71 Å². The third-order valence-electron chi connectivity index (χ3n) is 3.43. The maximum atomic E-state index is 12.3. The van der Waals surface area contributed by atoms with Crippen LogP contribution in [0.4, 0.5) is 0 Å². The minimum Gasteiger partial charge on any atom is -0.478 e. The standard InChI is InChI=1S/C13H14N2O4S/c16-13(17)9-5-11-10(3-4-14-11)12(6-9)20(18,19)15-7-8-1-2-8/h3-6,8,14-15H,1-2,7H2,(H,16,17). The Bertz CT molecular complexity index is 775. The van der Waals surface area contributed by atoms with Crippen LogP contribution in [0.2, 0.25) is 0 Å². The lowest BCUT2D eigenvalue weighted by atomic mass is 10.1. The average molecular weight is 294 g/mol. The summed E-state index contributed by atoms with van der Waals surface area (Å²) in [5.74, 6) is -0.741. The number of benzene rings is 1. The van der Waals surface area contributed by atoms with Gasteiger partial charge in [-0.1, -0.05) is 0 Å². The zero-order valence-electron chi connectivity index (χ0n) is 10.6. The predicted octanol–water partition coefficient (Wildman–Crippen LogP) is 1.55. The van der Waals surface area contributed by atoms with Crippen molar-refractivity contribution in [2.75, 3.05) is 6.54 Å². The van der Waals surface area contributed by atoms with Crippen LogP contribution in [0.15, 0.2) is 29.3 Å². The zero-order chi connectivity index (χ0) is 14.3. The quantitative estimate of drug-likeness (QED) is 0.779. The summed E-state index contributed by atoms with van der Waals surface area (Å²) in [6.45, 7) is 0.408. The Morgan fingerprint density at radius 2 is 2.15 bits per heavy atom. The van der Waals surface area contributed by atoms with Gasteiger partial charge < -0.3 is 10.1 Å². The monoisotopic (exact) mass is 294 g/mol. The van der Waals surface area contributed by atoms with Gasteiger partial charge in [-0.25, -0.2) is 17.9 Å². The fraction of sp³-hybridized carbons (Fsp3) is 0.308. The lowest BCUT2D eigenvalue weighted by molar-refractivity contribution is 0.0697. The van der Waals surface area contributed by atoms with Gasteiger partial charge in [-0.15, -0.1) is 0 Å². The number of carboxylic acids is 1. The third kappa shape index (κ3) is 2.41. The molecule has 0 aliphatic heterocycles. The number of hydrogen-bond donors (Lipinski definition) is 3. The molecule has 0 bridgehead atoms. The molecule has 106 valence electrons. The van der Waals surface area contributed by atoms with E-state index in [0.29, 0.717) is 23.4 Å². The maximum absolute atomic E-state index is 12.3. The van der Waals surface area contributed by atoms with Crippen LogP contribution in [0.3, 0.4) is 0 Å². The van der Waals surface area contributed by atoms with Gasteiger partial charge in [-0.3, -0.25) is 0 Å². The van der Waals surface area contributed by atoms with Gasteiger partial charge in [0.1, 0.15) is 0 Å². The second kappa shape index (κ2) is 4.60. The van der Waals surface area contributed by atoms with E-state index in [2.05, 4.69) is 9.71 Å². The normalized spacial score (nSPS) is 15.6. The molecule has 20 heavy (non-hydrogen) atoms. The second-order valence-electron chi connectivity index (χ2n) is 5.01. The first-order valence-corrected chi connectivity index (χ1v) is 7.80. The third-order valence-corrected chi connectivity index (χ3v) is 4.89. The summed E-state index contributed by atoms with van der Waals surface area (Å²) in [6, 6.07) is 4.26. The van der Waals surface area contributed by atoms with Crippen molar-refractivity contribution in [3.63, 3.8) is 0 Å². The van der Waals surface area contributed by atoms with Crippen molar-refractivity contribution in [3.05, 3.63) is 30.0 Å². The van der Waals surface area contributed by atoms with Crippen LogP contribution < -0.4 is 4.72 Å². The fourth-order valence-electron chi connectivity index (χ4n) is 2.11. The number of hydrogen-bond acceptors (Lipinski definition) is 3. The highest BCUT2D eigenvalue weighted by Crippen LogP contribution is 2.29. The van der Waals surface area contributed by atoms with E-state index in [1.807, 2.05) is 0 Å². The van der Waals surface area contributed by atoms with Crippen LogP contribution in [0.1, 0.15) is 23.2 Å². The Labute approximate surface area is 115 Å². The van der Waals surface area contributed by atoms with Crippen LogP contribution in [-0.4, -0.2) is 31.0 Å². The smallest absolute Gasteiger partial charge is 0.335 e. The molecule has 1 aliphatic carbocycles. The number of aromatic amines is 1. The number of rotatable bonds is 5. The number of aromatic nitrogens is 1. The van der Waals surface area contributed by atoms with Crippen LogP contribution >= 0.6 is 0 Å². The number of sulfonamides is 1. The van der Waals surface area contributed by atoms with Crippen molar-refractivity contribution in [1.29, 1.82) is 0 Å². The Morgan fingerprint density at radius 1 is 1.40 bits per heavy atom. The van der Waals surface area contributed by atoms with Crippen molar-refractivity contribution < 1.29 is 18.3 Å². The highest BCUT2D eigenvalue weighted by molar-refractivity contribution is 7.89. The summed E-state index contributed by atoms with van der Waals surface area (Å²) in [5.41, 5.74) is 0.448. The lowest BCUT2D eigenvalue weighted by Crippen LogP contribution is -2.26. The van der Waals surface area contributed by atoms with Crippen molar-refractivity contribution in [3.8, 4) is 0 Å². The molecule has 1 heterocycles. The van der Waals surface area contributed by atoms with Gasteiger partial charge in [0.15, 0.2) is 0 Å². The molecule has 3 N–H and O–H groups in total. The van der Waals surface area contributed by atoms with Crippen molar-refractivity contribution >= 4 is 26.9 Å². The minimum absolute atomic E-state index is 0.00861. The number of nitrogens with one attached hydrogen (secondary N) is 2. The summed E-state index contributed by atoms with van der Waals surface area (Å²) in [6.07, 6.45) is 3.67. The first-order chi connectivity index (χ1) is 9.47. The van der Waals surface area contributed by atoms with E-state index in [1.165, 1.54) is 12.1 Å². The highest BCUT2D eigenvalue weighted by atomic mass is 32.2. The Morgan fingerprint density at radius 3 is 2.80 bits per heavy atom. The number of aromatic carboxylic acids is 1. The van der Waals surface area contributed by atoms with Gasteiger partial charge >= 0.3 is 5.97 Å². The van der Waals surface area contributed by atoms with Gasteiger partial charge in [0, 0.05) is 23.6 Å². The van der Waals surface area contributed by atoms with E-state index < -0.39 is 16.0 Å². The van der Waals surface area contributed by atoms with E-state index >= 15 is 0 Å². The molecule has 1 aromatic carbocycles. The largest absolute Gasteiger partial charge is 0.478 e. The average Bonchev–Trinajstić information content (AvgIpc) is 3.11. The van der Waals surface area contributed by atoms with Crippen LogP contribution in [-0.2, 0) is 10.0 Å². The Balaban J connectivity index is 2.07. The molecule has 0 atom stereocenters. The lowest BCUT2D eigenvalue weighted by Gasteiger charge is -2.08. The zero-order valence-corrected chi connectivity index (χ0v) is 11.4. The molecule has 3 rings (SSSR count). The number of fused-ring (bicyclic) bond motifs is 1. The Hall–Kier alpha value is -1.86. The number of carbonyl (C=O) groups is 1. The van der Waals surface area contributed by atoms with Crippen molar-refractivity contribution in [2.24, 2.45) is 5.92 Å². The molecule has 1 saturated carbocycles. The molecule has 1 fully saturated rings. The molecule has 0 amide bonds. The predicted molar refractivity (Wildman–Crippen MR) is 73.2 cm³/mol. The SMILES string of the molecule is O=C(O)c1cc(S(=O)(=O)NCC2CC2)c2cc[nH]c2c1. The molecular weight excluding hydrogens is 280 g/mol. The summed E-state index contributed by atoms with van der Waals surface area (Å²) in [7, 11) is -3.70. The first kappa shape index (κ1) is 13.1. The molecule has 6 nitrogen and oxygen atoms in total. The summed E-state index contributed by atoms with van der Waals surface area (Å²) < 4.78 is 27.2. The molecule has 0 spiro atoms. The summed E-state index contributed by atoms with van der Waals surface area (Å²) in [4.78, 5) is 14.0. The molecule has 2 aromatic rings. The van der Waals surface area contributed by atoms with Crippen LogP contribution in [0.5, 0.6) is 0 Å².